The average Bonchev–Trinajstić information content (AvgIpc) is 2.31. The largest absolute Gasteiger partial charge is 0.481 e. The third-order valence-electron chi connectivity index (χ3n) is 2.32. The van der Waals surface area contributed by atoms with E-state index in [-0.39, 0.29) is 11.5 Å². The Labute approximate surface area is 121 Å². The van der Waals surface area contributed by atoms with Crippen molar-refractivity contribution in [3.8, 4) is 0 Å². The van der Waals surface area contributed by atoms with E-state index in [1.54, 1.807) is 19.1 Å². The first kappa shape index (κ1) is 15.8. The molecule has 1 aromatic rings. The van der Waals surface area contributed by atoms with Crippen molar-refractivity contribution in [2.45, 2.75) is 19.8 Å². The topological polar surface area (TPSA) is 54.4 Å². The van der Waals surface area contributed by atoms with Crippen LogP contribution in [0.25, 0.3) is 6.08 Å². The first-order valence-corrected chi connectivity index (χ1v) is 7.15. The Morgan fingerprint density at radius 2 is 2.16 bits per heavy atom. The van der Waals surface area contributed by atoms with Crippen molar-refractivity contribution in [3.63, 3.8) is 0 Å². The van der Waals surface area contributed by atoms with Gasteiger partial charge in [-0.2, -0.15) is 0 Å². The molecule has 1 aromatic carbocycles. The van der Waals surface area contributed by atoms with Gasteiger partial charge in [0.25, 0.3) is 0 Å². The van der Waals surface area contributed by atoms with Crippen molar-refractivity contribution in [3.05, 3.63) is 40.4 Å². The lowest BCUT2D eigenvalue weighted by atomic mass is 10.1. The van der Waals surface area contributed by atoms with Crippen LogP contribution in [0.1, 0.15) is 24.5 Å². The predicted molar refractivity (Wildman–Crippen MR) is 79.6 cm³/mol. The van der Waals surface area contributed by atoms with Crippen LogP contribution in [0.4, 0.5) is 0 Å². The highest BCUT2D eigenvalue weighted by Crippen LogP contribution is 2.19. The molecular weight excluding hydrogens is 284 g/mol. The lowest BCUT2D eigenvalue weighted by Gasteiger charge is -2.02. The van der Waals surface area contributed by atoms with Crippen LogP contribution in [0.2, 0.25) is 5.02 Å². The third-order valence-corrected chi connectivity index (χ3v) is 3.52. The van der Waals surface area contributed by atoms with Crippen LogP contribution in [0.15, 0.2) is 24.3 Å². The quantitative estimate of drug-likeness (QED) is 0.815. The van der Waals surface area contributed by atoms with E-state index in [1.165, 1.54) is 11.8 Å². The van der Waals surface area contributed by atoms with Gasteiger partial charge in [0.05, 0.1) is 6.42 Å². The molecule has 0 saturated heterocycles. The van der Waals surface area contributed by atoms with Gasteiger partial charge in [-0.25, -0.2) is 0 Å². The Morgan fingerprint density at radius 1 is 1.42 bits per heavy atom. The van der Waals surface area contributed by atoms with Gasteiger partial charge in [0.15, 0.2) is 5.12 Å². The van der Waals surface area contributed by atoms with Gasteiger partial charge < -0.3 is 5.11 Å². The minimum Gasteiger partial charge on any atom is -0.481 e. The van der Waals surface area contributed by atoms with Crippen molar-refractivity contribution >= 4 is 40.5 Å². The summed E-state index contributed by atoms with van der Waals surface area (Å²) in [5, 5.41) is 9.28. The lowest BCUT2D eigenvalue weighted by molar-refractivity contribution is -0.136. The van der Waals surface area contributed by atoms with Gasteiger partial charge in [-0.15, -0.1) is 0 Å². The molecule has 0 aromatic heterocycles. The summed E-state index contributed by atoms with van der Waals surface area (Å²) in [4.78, 5) is 21.3. The molecule has 5 heteroatoms. The predicted octanol–water partition coefficient (Wildman–Crippen LogP) is 3.65. The van der Waals surface area contributed by atoms with Crippen molar-refractivity contribution in [2.75, 3.05) is 5.75 Å². The number of benzene rings is 1. The standard InChI is InChI=1S/C14H15ClO3S/c1-10(16)19-7-3-2-4-11-5-6-12(9-14(17)18)13(15)8-11/h2,4-6,8H,3,7,9H2,1H3,(H,17,18). The number of hydrogen-bond acceptors (Lipinski definition) is 3. The maximum absolute atomic E-state index is 10.7. The number of halogens is 1. The van der Waals surface area contributed by atoms with Gasteiger partial charge in [0.2, 0.25) is 0 Å². The summed E-state index contributed by atoms with van der Waals surface area (Å²) in [5.74, 6) is -0.136. The molecule has 0 fully saturated rings. The molecule has 19 heavy (non-hydrogen) atoms. The second-order valence-corrected chi connectivity index (χ2v) is 5.63. The molecule has 0 unspecified atom stereocenters. The van der Waals surface area contributed by atoms with Gasteiger partial charge in [0, 0.05) is 17.7 Å². The van der Waals surface area contributed by atoms with E-state index >= 15 is 0 Å². The molecule has 0 atom stereocenters. The Bertz CT molecular complexity index is 497. The zero-order valence-corrected chi connectivity index (χ0v) is 12.1. The van der Waals surface area contributed by atoms with Crippen molar-refractivity contribution < 1.29 is 14.7 Å². The van der Waals surface area contributed by atoms with E-state index in [0.717, 1.165) is 17.7 Å². The summed E-state index contributed by atoms with van der Waals surface area (Å²) < 4.78 is 0. The van der Waals surface area contributed by atoms with Crippen molar-refractivity contribution in [1.29, 1.82) is 0 Å². The van der Waals surface area contributed by atoms with E-state index in [9.17, 15) is 9.59 Å². The highest BCUT2D eigenvalue weighted by atomic mass is 35.5. The molecule has 1 N–H and O–H groups in total. The molecule has 1 rings (SSSR count). The molecule has 0 bridgehead atoms. The summed E-state index contributed by atoms with van der Waals surface area (Å²) in [6, 6.07) is 5.30. The van der Waals surface area contributed by atoms with Gasteiger partial charge in [-0.1, -0.05) is 47.6 Å². The number of rotatable bonds is 6. The van der Waals surface area contributed by atoms with Gasteiger partial charge >= 0.3 is 5.97 Å². The normalized spacial score (nSPS) is 10.8. The SMILES string of the molecule is CC(=O)SCCC=Cc1ccc(CC(=O)O)c(Cl)c1. The number of carboxylic acids is 1. The van der Waals surface area contributed by atoms with E-state index in [1.807, 2.05) is 18.2 Å². The van der Waals surface area contributed by atoms with Gasteiger partial charge in [-0.05, 0) is 23.6 Å². The molecule has 0 spiro atoms. The van der Waals surface area contributed by atoms with Gasteiger partial charge in [-0.3, -0.25) is 9.59 Å². The monoisotopic (exact) mass is 298 g/mol. The Morgan fingerprint density at radius 3 is 2.74 bits per heavy atom. The molecule has 0 aliphatic heterocycles. The number of carbonyl (C=O) groups is 2. The maximum atomic E-state index is 10.7. The first-order valence-electron chi connectivity index (χ1n) is 5.79. The number of carboxylic acid groups (broad SMARTS) is 1. The van der Waals surface area contributed by atoms with Crippen LogP contribution >= 0.6 is 23.4 Å². The number of hydrogen-bond donors (Lipinski definition) is 1. The van der Waals surface area contributed by atoms with E-state index in [4.69, 9.17) is 16.7 Å². The lowest BCUT2D eigenvalue weighted by Crippen LogP contribution is -2.00. The van der Waals surface area contributed by atoms with Crippen LogP contribution in [0.5, 0.6) is 0 Å². The Kier molecular flexibility index (Phi) is 6.67. The summed E-state index contributed by atoms with van der Waals surface area (Å²) in [5.41, 5.74) is 1.53. The van der Waals surface area contributed by atoms with Crippen LogP contribution in [-0.4, -0.2) is 21.9 Å². The van der Waals surface area contributed by atoms with Crippen LogP contribution in [0.3, 0.4) is 0 Å². The Balaban J connectivity index is 2.55. The number of aliphatic carboxylic acids is 1. The molecule has 102 valence electrons. The highest BCUT2D eigenvalue weighted by molar-refractivity contribution is 8.13. The summed E-state index contributed by atoms with van der Waals surface area (Å²) in [6.45, 7) is 1.55. The smallest absolute Gasteiger partial charge is 0.307 e. The van der Waals surface area contributed by atoms with Crippen LogP contribution in [0, 0.1) is 0 Å². The van der Waals surface area contributed by atoms with E-state index < -0.39 is 5.97 Å². The number of allylic oxidation sites excluding steroid dienone is 1. The molecule has 3 nitrogen and oxygen atoms in total. The molecule has 0 aliphatic carbocycles. The van der Waals surface area contributed by atoms with E-state index in [2.05, 4.69) is 0 Å². The molecule has 0 radical (unpaired) electrons. The fourth-order valence-electron chi connectivity index (χ4n) is 1.46. The molecular formula is C14H15ClO3S. The second-order valence-electron chi connectivity index (χ2n) is 3.95. The molecule has 0 heterocycles. The number of carbonyl (C=O) groups excluding carboxylic acids is 1. The summed E-state index contributed by atoms with van der Waals surface area (Å²) >= 11 is 7.31. The molecule has 0 saturated carbocycles. The van der Waals surface area contributed by atoms with Crippen molar-refractivity contribution in [2.24, 2.45) is 0 Å². The number of thioether (sulfide) groups is 1. The zero-order chi connectivity index (χ0) is 14.3. The minimum absolute atomic E-state index is 0.0714. The summed E-state index contributed by atoms with van der Waals surface area (Å²) in [6.07, 6.45) is 4.62. The van der Waals surface area contributed by atoms with E-state index in [0.29, 0.717) is 10.6 Å². The fourth-order valence-corrected chi connectivity index (χ4v) is 2.26. The van der Waals surface area contributed by atoms with Gasteiger partial charge in [0.1, 0.15) is 0 Å². The van der Waals surface area contributed by atoms with Crippen molar-refractivity contribution in [1.82, 2.24) is 0 Å². The van der Waals surface area contributed by atoms with Crippen LogP contribution in [-0.2, 0) is 16.0 Å². The van der Waals surface area contributed by atoms with Crippen LogP contribution < -0.4 is 0 Å². The highest BCUT2D eigenvalue weighted by Gasteiger charge is 2.05. The second kappa shape index (κ2) is 8.02. The fraction of sp³-hybridized carbons (Fsp3) is 0.286. The Hall–Kier alpha value is -1.26. The zero-order valence-electron chi connectivity index (χ0n) is 10.6. The third kappa shape index (κ3) is 6.45. The maximum Gasteiger partial charge on any atom is 0.307 e. The minimum atomic E-state index is -0.897. The summed E-state index contributed by atoms with van der Waals surface area (Å²) in [7, 11) is 0. The molecule has 0 amide bonds. The average molecular weight is 299 g/mol. The first-order chi connectivity index (χ1) is 8.99. The molecule has 0 aliphatic rings.